The summed E-state index contributed by atoms with van der Waals surface area (Å²) in [4.78, 5) is 2.36. The molecule has 1 fully saturated rings. The van der Waals surface area contributed by atoms with E-state index < -0.39 is 11.6 Å². The van der Waals surface area contributed by atoms with Crippen molar-refractivity contribution in [2.45, 2.75) is 45.2 Å². The van der Waals surface area contributed by atoms with Crippen molar-refractivity contribution in [3.8, 4) is 0 Å². The van der Waals surface area contributed by atoms with Crippen molar-refractivity contribution in [2.75, 3.05) is 19.6 Å². The third-order valence-corrected chi connectivity index (χ3v) is 4.10. The summed E-state index contributed by atoms with van der Waals surface area (Å²) in [5.74, 6) is -1.54. The van der Waals surface area contributed by atoms with E-state index in [1.807, 2.05) is 0 Å². The van der Waals surface area contributed by atoms with Crippen LogP contribution in [-0.4, -0.2) is 30.6 Å². The monoisotopic (exact) mass is 282 g/mol. The highest BCUT2D eigenvalue weighted by Gasteiger charge is 2.22. The van der Waals surface area contributed by atoms with Crippen LogP contribution in [0.15, 0.2) is 18.2 Å². The Bertz CT molecular complexity index is 430. The molecule has 0 bridgehead atoms. The van der Waals surface area contributed by atoms with Gasteiger partial charge in [-0.05, 0) is 57.0 Å². The van der Waals surface area contributed by atoms with Crippen molar-refractivity contribution in [1.29, 1.82) is 0 Å². The molecule has 0 saturated carbocycles. The van der Waals surface area contributed by atoms with Crippen LogP contribution in [0.25, 0.3) is 0 Å². The highest BCUT2D eigenvalue weighted by atomic mass is 19.2. The molecule has 2 atom stereocenters. The molecule has 1 N–H and O–H groups in total. The minimum atomic E-state index is -0.777. The summed E-state index contributed by atoms with van der Waals surface area (Å²) in [6.07, 6.45) is 3.48. The molecule has 1 aromatic carbocycles. The molecule has 1 heterocycles. The van der Waals surface area contributed by atoms with Gasteiger partial charge in [-0.2, -0.15) is 0 Å². The van der Waals surface area contributed by atoms with Gasteiger partial charge in [0.2, 0.25) is 0 Å². The summed E-state index contributed by atoms with van der Waals surface area (Å²) in [7, 11) is 0. The van der Waals surface area contributed by atoms with E-state index in [-0.39, 0.29) is 6.04 Å². The molecule has 4 heteroatoms. The molecule has 0 radical (unpaired) electrons. The van der Waals surface area contributed by atoms with Gasteiger partial charge in [0.05, 0.1) is 0 Å². The molecule has 0 aliphatic carbocycles. The Hall–Kier alpha value is -1.00. The van der Waals surface area contributed by atoms with E-state index in [4.69, 9.17) is 0 Å². The molecule has 1 aliphatic rings. The van der Waals surface area contributed by atoms with Crippen molar-refractivity contribution in [1.82, 2.24) is 10.2 Å². The van der Waals surface area contributed by atoms with E-state index >= 15 is 0 Å². The first-order valence-electron chi connectivity index (χ1n) is 7.54. The molecular weight excluding hydrogens is 258 g/mol. The highest BCUT2D eigenvalue weighted by molar-refractivity contribution is 5.21. The zero-order valence-electron chi connectivity index (χ0n) is 12.3. The van der Waals surface area contributed by atoms with E-state index in [2.05, 4.69) is 24.1 Å². The number of hydrogen-bond acceptors (Lipinski definition) is 2. The quantitative estimate of drug-likeness (QED) is 0.859. The molecule has 0 spiro atoms. The first kappa shape index (κ1) is 15.4. The van der Waals surface area contributed by atoms with Gasteiger partial charge in [-0.1, -0.05) is 13.0 Å². The van der Waals surface area contributed by atoms with Gasteiger partial charge in [-0.15, -0.1) is 0 Å². The normalized spacial score (nSPS) is 20.6. The van der Waals surface area contributed by atoms with E-state index in [9.17, 15) is 8.78 Å². The summed E-state index contributed by atoms with van der Waals surface area (Å²) < 4.78 is 26.4. The standard InChI is InChI=1S/C16H24F2N2/c1-3-9-20(11-14-5-4-8-19-14)12(2)13-6-7-15(17)16(18)10-13/h6-7,10,12,14,19H,3-5,8-9,11H2,1-2H3. The molecule has 0 aromatic heterocycles. The first-order chi connectivity index (χ1) is 9.61. The lowest BCUT2D eigenvalue weighted by molar-refractivity contribution is 0.192. The van der Waals surface area contributed by atoms with Crippen molar-refractivity contribution in [2.24, 2.45) is 0 Å². The maximum atomic E-state index is 13.4. The van der Waals surface area contributed by atoms with Gasteiger partial charge >= 0.3 is 0 Å². The average molecular weight is 282 g/mol. The maximum absolute atomic E-state index is 13.4. The maximum Gasteiger partial charge on any atom is 0.159 e. The Labute approximate surface area is 120 Å². The Morgan fingerprint density at radius 2 is 2.15 bits per heavy atom. The van der Waals surface area contributed by atoms with Gasteiger partial charge in [0.15, 0.2) is 11.6 Å². The molecule has 20 heavy (non-hydrogen) atoms. The molecule has 2 unspecified atom stereocenters. The van der Waals surface area contributed by atoms with Gasteiger partial charge in [0, 0.05) is 18.6 Å². The lowest BCUT2D eigenvalue weighted by atomic mass is 10.0. The van der Waals surface area contributed by atoms with Gasteiger partial charge in [-0.3, -0.25) is 4.90 Å². The lowest BCUT2D eigenvalue weighted by Crippen LogP contribution is -2.39. The number of halogens is 2. The third kappa shape index (κ3) is 3.76. The molecular formula is C16H24F2N2. The minimum absolute atomic E-state index is 0.104. The second-order valence-electron chi connectivity index (χ2n) is 5.64. The van der Waals surface area contributed by atoms with Crippen LogP contribution < -0.4 is 5.32 Å². The van der Waals surface area contributed by atoms with Crippen LogP contribution in [-0.2, 0) is 0 Å². The molecule has 2 nitrogen and oxygen atoms in total. The third-order valence-electron chi connectivity index (χ3n) is 4.10. The summed E-state index contributed by atoms with van der Waals surface area (Å²) >= 11 is 0. The number of benzene rings is 1. The van der Waals surface area contributed by atoms with E-state index in [1.165, 1.54) is 25.0 Å². The summed E-state index contributed by atoms with van der Waals surface area (Å²) in [5, 5.41) is 3.50. The van der Waals surface area contributed by atoms with Crippen LogP contribution in [0.1, 0.15) is 44.7 Å². The molecule has 112 valence electrons. The molecule has 0 amide bonds. The van der Waals surface area contributed by atoms with Gasteiger partial charge in [0.1, 0.15) is 0 Å². The summed E-state index contributed by atoms with van der Waals surface area (Å²) in [6.45, 7) is 7.24. The van der Waals surface area contributed by atoms with Crippen molar-refractivity contribution >= 4 is 0 Å². The SMILES string of the molecule is CCCN(CC1CCCN1)C(C)c1ccc(F)c(F)c1. The summed E-state index contributed by atoms with van der Waals surface area (Å²) in [6, 6.07) is 4.86. The van der Waals surface area contributed by atoms with E-state index in [1.54, 1.807) is 6.07 Å². The Kier molecular flexibility index (Phi) is 5.49. The predicted molar refractivity (Wildman–Crippen MR) is 77.7 cm³/mol. The summed E-state index contributed by atoms with van der Waals surface area (Å²) in [5.41, 5.74) is 0.843. The van der Waals surface area contributed by atoms with Crippen LogP contribution >= 0.6 is 0 Å². The highest BCUT2D eigenvalue weighted by Crippen LogP contribution is 2.23. The second-order valence-corrected chi connectivity index (χ2v) is 5.64. The number of hydrogen-bond donors (Lipinski definition) is 1. The van der Waals surface area contributed by atoms with Crippen molar-refractivity contribution in [3.63, 3.8) is 0 Å². The molecule has 2 rings (SSSR count). The van der Waals surface area contributed by atoms with Crippen LogP contribution in [0.2, 0.25) is 0 Å². The molecule has 1 aromatic rings. The minimum Gasteiger partial charge on any atom is -0.313 e. The fourth-order valence-electron chi connectivity index (χ4n) is 2.91. The zero-order valence-corrected chi connectivity index (χ0v) is 12.3. The number of rotatable bonds is 6. The molecule has 1 saturated heterocycles. The van der Waals surface area contributed by atoms with Crippen LogP contribution in [0.4, 0.5) is 8.78 Å². The van der Waals surface area contributed by atoms with Gasteiger partial charge in [-0.25, -0.2) is 8.78 Å². The smallest absolute Gasteiger partial charge is 0.159 e. The van der Waals surface area contributed by atoms with Crippen molar-refractivity contribution in [3.05, 3.63) is 35.4 Å². The fraction of sp³-hybridized carbons (Fsp3) is 0.625. The predicted octanol–water partition coefficient (Wildman–Crippen LogP) is 3.49. The van der Waals surface area contributed by atoms with E-state index in [0.29, 0.717) is 6.04 Å². The lowest BCUT2D eigenvalue weighted by Gasteiger charge is -2.31. The second kappa shape index (κ2) is 7.14. The van der Waals surface area contributed by atoms with Crippen LogP contribution in [0, 0.1) is 11.6 Å². The van der Waals surface area contributed by atoms with Gasteiger partial charge < -0.3 is 5.32 Å². The first-order valence-corrected chi connectivity index (χ1v) is 7.54. The Balaban J connectivity index is 2.07. The van der Waals surface area contributed by atoms with Crippen LogP contribution in [0.3, 0.4) is 0 Å². The van der Waals surface area contributed by atoms with Gasteiger partial charge in [0.25, 0.3) is 0 Å². The van der Waals surface area contributed by atoms with E-state index in [0.717, 1.165) is 31.6 Å². The van der Waals surface area contributed by atoms with Crippen molar-refractivity contribution < 1.29 is 8.78 Å². The van der Waals surface area contributed by atoms with Crippen LogP contribution in [0.5, 0.6) is 0 Å². The largest absolute Gasteiger partial charge is 0.313 e. The number of nitrogens with one attached hydrogen (secondary N) is 1. The molecule has 1 aliphatic heterocycles. The number of nitrogens with zero attached hydrogens (tertiary/aromatic N) is 1. The average Bonchev–Trinajstić information content (AvgIpc) is 2.93. The Morgan fingerprint density at radius 3 is 2.75 bits per heavy atom. The zero-order chi connectivity index (χ0) is 14.5. The fourth-order valence-corrected chi connectivity index (χ4v) is 2.91. The Morgan fingerprint density at radius 1 is 1.35 bits per heavy atom. The topological polar surface area (TPSA) is 15.3 Å².